The predicted octanol–water partition coefficient (Wildman–Crippen LogP) is 14.4. The number of hydrogen-bond donors (Lipinski definition) is 0. The minimum atomic E-state index is 0.875. The van der Waals surface area contributed by atoms with Crippen molar-refractivity contribution in [3.05, 3.63) is 200 Å². The molecule has 1 aromatic heterocycles. The standard InChI is InChI=1S/C50H33NO/c1-4-14-34(15-5-1)36-24-27-40(28-25-36)51(41-29-26-35-16-10-11-21-39(35)30-41)48-32-47-46-31-44(37-17-6-2-7-18-37)45(38-19-8-3-9-20-38)33-49(46)52-50(47)43-23-13-12-22-42(43)48/h1-33H. The second kappa shape index (κ2) is 12.5. The molecule has 0 aliphatic rings. The van der Waals surface area contributed by atoms with Gasteiger partial charge in [-0.25, -0.2) is 0 Å². The maximum Gasteiger partial charge on any atom is 0.143 e. The van der Waals surface area contributed by atoms with Gasteiger partial charge in [0.15, 0.2) is 0 Å². The molecule has 0 spiro atoms. The summed E-state index contributed by atoms with van der Waals surface area (Å²) in [5.74, 6) is 0. The molecule has 0 aliphatic carbocycles. The molecule has 0 saturated heterocycles. The maximum atomic E-state index is 6.87. The van der Waals surface area contributed by atoms with Gasteiger partial charge in [0.25, 0.3) is 0 Å². The van der Waals surface area contributed by atoms with Crippen molar-refractivity contribution in [2.45, 2.75) is 0 Å². The SMILES string of the molecule is c1ccc(-c2ccc(N(c3ccc4ccccc4c3)c3cc4c5cc(-c6ccccc6)c(-c6ccccc6)cc5oc4c4ccccc34)cc2)cc1. The Kier molecular flexibility index (Phi) is 7.18. The van der Waals surface area contributed by atoms with Crippen LogP contribution in [0.3, 0.4) is 0 Å². The summed E-state index contributed by atoms with van der Waals surface area (Å²) in [4.78, 5) is 2.40. The minimum absolute atomic E-state index is 0.875. The number of nitrogens with zero attached hydrogens (tertiary/aromatic N) is 1. The summed E-state index contributed by atoms with van der Waals surface area (Å²) in [7, 11) is 0. The van der Waals surface area contributed by atoms with E-state index in [-0.39, 0.29) is 0 Å². The summed E-state index contributed by atoms with van der Waals surface area (Å²) in [5.41, 5.74) is 12.1. The summed E-state index contributed by atoms with van der Waals surface area (Å²) in [6.07, 6.45) is 0. The Hall–Kier alpha value is -6.90. The van der Waals surface area contributed by atoms with Crippen LogP contribution < -0.4 is 4.90 Å². The molecular formula is C50H33NO. The lowest BCUT2D eigenvalue weighted by Gasteiger charge is -2.27. The molecular weight excluding hydrogens is 631 g/mol. The highest BCUT2D eigenvalue weighted by molar-refractivity contribution is 6.21. The van der Waals surface area contributed by atoms with Gasteiger partial charge in [-0.1, -0.05) is 158 Å². The lowest BCUT2D eigenvalue weighted by Crippen LogP contribution is -2.10. The van der Waals surface area contributed by atoms with E-state index >= 15 is 0 Å². The molecule has 9 aromatic carbocycles. The topological polar surface area (TPSA) is 16.4 Å². The maximum absolute atomic E-state index is 6.87. The van der Waals surface area contributed by atoms with Crippen LogP contribution >= 0.6 is 0 Å². The second-order valence-corrected chi connectivity index (χ2v) is 13.3. The van der Waals surface area contributed by atoms with Gasteiger partial charge < -0.3 is 9.32 Å². The molecule has 0 aliphatic heterocycles. The van der Waals surface area contributed by atoms with E-state index in [4.69, 9.17) is 4.42 Å². The molecule has 0 amide bonds. The van der Waals surface area contributed by atoms with Crippen LogP contribution in [0.1, 0.15) is 0 Å². The molecule has 1 heterocycles. The number of anilines is 3. The normalized spacial score (nSPS) is 11.5. The Bertz CT molecular complexity index is 2870. The molecule has 0 radical (unpaired) electrons. The molecule has 0 fully saturated rings. The summed E-state index contributed by atoms with van der Waals surface area (Å²) < 4.78 is 6.87. The van der Waals surface area contributed by atoms with Crippen molar-refractivity contribution in [3.63, 3.8) is 0 Å². The van der Waals surface area contributed by atoms with Gasteiger partial charge >= 0.3 is 0 Å². The number of rotatable bonds is 6. The summed E-state index contributed by atoms with van der Waals surface area (Å²) in [6, 6.07) is 71.6. The summed E-state index contributed by atoms with van der Waals surface area (Å²) >= 11 is 0. The van der Waals surface area contributed by atoms with E-state index in [2.05, 4.69) is 205 Å². The Morgan fingerprint density at radius 3 is 1.56 bits per heavy atom. The van der Waals surface area contributed by atoms with Crippen molar-refractivity contribution < 1.29 is 4.42 Å². The van der Waals surface area contributed by atoms with Crippen molar-refractivity contribution in [1.82, 2.24) is 0 Å². The second-order valence-electron chi connectivity index (χ2n) is 13.3. The number of hydrogen-bond acceptors (Lipinski definition) is 2. The van der Waals surface area contributed by atoms with Gasteiger partial charge in [0, 0.05) is 32.9 Å². The molecule has 0 saturated carbocycles. The molecule has 0 atom stereocenters. The Morgan fingerprint density at radius 2 is 0.865 bits per heavy atom. The molecule has 10 aromatic rings. The van der Waals surface area contributed by atoms with Gasteiger partial charge in [0.2, 0.25) is 0 Å². The lowest BCUT2D eigenvalue weighted by atomic mass is 9.92. The number of benzene rings is 9. The smallest absolute Gasteiger partial charge is 0.143 e. The van der Waals surface area contributed by atoms with Gasteiger partial charge in [-0.2, -0.15) is 0 Å². The van der Waals surface area contributed by atoms with E-state index in [1.165, 1.54) is 33.0 Å². The van der Waals surface area contributed by atoms with Gasteiger partial charge in [0.1, 0.15) is 11.2 Å². The monoisotopic (exact) mass is 663 g/mol. The number of furan rings is 1. The molecule has 0 N–H and O–H groups in total. The molecule has 10 rings (SSSR count). The quantitative estimate of drug-likeness (QED) is 0.176. The molecule has 0 bridgehead atoms. The first-order valence-corrected chi connectivity index (χ1v) is 17.8. The van der Waals surface area contributed by atoms with E-state index in [0.717, 1.165) is 60.9 Å². The highest BCUT2D eigenvalue weighted by atomic mass is 16.3. The van der Waals surface area contributed by atoms with E-state index < -0.39 is 0 Å². The van der Waals surface area contributed by atoms with Crippen molar-refractivity contribution in [1.29, 1.82) is 0 Å². The molecule has 0 unspecified atom stereocenters. The van der Waals surface area contributed by atoms with Crippen LogP contribution in [-0.2, 0) is 0 Å². The van der Waals surface area contributed by atoms with Crippen molar-refractivity contribution >= 4 is 60.5 Å². The van der Waals surface area contributed by atoms with Gasteiger partial charge in [-0.3, -0.25) is 0 Å². The largest absolute Gasteiger partial charge is 0.455 e. The zero-order valence-electron chi connectivity index (χ0n) is 28.4. The van der Waals surface area contributed by atoms with E-state index in [1.54, 1.807) is 0 Å². The molecule has 52 heavy (non-hydrogen) atoms. The minimum Gasteiger partial charge on any atom is -0.455 e. The Morgan fingerprint density at radius 1 is 0.327 bits per heavy atom. The average molecular weight is 664 g/mol. The van der Waals surface area contributed by atoms with Crippen molar-refractivity contribution in [3.8, 4) is 33.4 Å². The van der Waals surface area contributed by atoms with Crippen LogP contribution in [0, 0.1) is 0 Å². The van der Waals surface area contributed by atoms with E-state index in [1.807, 2.05) is 0 Å². The number of fused-ring (bicyclic) bond motifs is 6. The third-order valence-corrected chi connectivity index (χ3v) is 10.2. The van der Waals surface area contributed by atoms with Crippen LogP contribution in [-0.4, -0.2) is 0 Å². The predicted molar refractivity (Wildman–Crippen MR) is 220 cm³/mol. The first-order valence-electron chi connectivity index (χ1n) is 17.8. The Labute approximate surface area is 302 Å². The summed E-state index contributed by atoms with van der Waals surface area (Å²) in [6.45, 7) is 0. The van der Waals surface area contributed by atoms with Gasteiger partial charge in [0.05, 0.1) is 5.69 Å². The van der Waals surface area contributed by atoms with Crippen LogP contribution in [0.5, 0.6) is 0 Å². The van der Waals surface area contributed by atoms with E-state index in [0.29, 0.717) is 0 Å². The van der Waals surface area contributed by atoms with Gasteiger partial charge in [-0.15, -0.1) is 0 Å². The zero-order chi connectivity index (χ0) is 34.4. The first-order chi connectivity index (χ1) is 25.8. The molecule has 2 heteroatoms. The highest BCUT2D eigenvalue weighted by Gasteiger charge is 2.22. The third-order valence-electron chi connectivity index (χ3n) is 10.2. The molecule has 244 valence electrons. The summed E-state index contributed by atoms with van der Waals surface area (Å²) in [5, 5.41) is 6.81. The zero-order valence-corrected chi connectivity index (χ0v) is 28.4. The van der Waals surface area contributed by atoms with Crippen LogP contribution in [0.25, 0.3) is 76.9 Å². The van der Waals surface area contributed by atoms with Crippen molar-refractivity contribution in [2.24, 2.45) is 0 Å². The highest BCUT2D eigenvalue weighted by Crippen LogP contribution is 2.47. The molecule has 2 nitrogen and oxygen atoms in total. The lowest BCUT2D eigenvalue weighted by molar-refractivity contribution is 0.673. The third kappa shape index (κ3) is 5.12. The van der Waals surface area contributed by atoms with Crippen molar-refractivity contribution in [2.75, 3.05) is 4.90 Å². The first kappa shape index (κ1) is 30.0. The van der Waals surface area contributed by atoms with Gasteiger partial charge in [-0.05, 0) is 86.6 Å². The average Bonchev–Trinajstić information content (AvgIpc) is 3.59. The fraction of sp³-hybridized carbons (Fsp3) is 0. The van der Waals surface area contributed by atoms with Crippen LogP contribution in [0.15, 0.2) is 205 Å². The fourth-order valence-corrected chi connectivity index (χ4v) is 7.70. The van der Waals surface area contributed by atoms with Crippen LogP contribution in [0.2, 0.25) is 0 Å². The van der Waals surface area contributed by atoms with Crippen LogP contribution in [0.4, 0.5) is 17.1 Å². The Balaban J connectivity index is 1.25. The fourth-order valence-electron chi connectivity index (χ4n) is 7.70. The van der Waals surface area contributed by atoms with E-state index in [9.17, 15) is 0 Å².